The van der Waals surface area contributed by atoms with Gasteiger partial charge in [-0.05, 0) is 17.9 Å². The topological polar surface area (TPSA) is 38.3 Å². The van der Waals surface area contributed by atoms with E-state index in [4.69, 9.17) is 4.74 Å². The molecule has 0 heterocycles. The number of carbonyl (C=O) groups excluding carboxylic acids is 1. The van der Waals surface area contributed by atoms with Crippen molar-refractivity contribution in [2.75, 3.05) is 13.2 Å². The number of allylic oxidation sites excluding steroid dienone is 2. The van der Waals surface area contributed by atoms with Crippen LogP contribution in [0.15, 0.2) is 54.6 Å². The number of benzene rings is 1. The van der Waals surface area contributed by atoms with E-state index in [1.807, 2.05) is 42.5 Å². The van der Waals surface area contributed by atoms with Gasteiger partial charge in [-0.25, -0.2) is 0 Å². The molecule has 0 aliphatic carbocycles. The zero-order chi connectivity index (χ0) is 15.3. The molecule has 0 fully saturated rings. The Morgan fingerprint density at radius 3 is 2.71 bits per heavy atom. The molecule has 0 saturated carbocycles. The molecule has 0 aliphatic heterocycles. The molecule has 3 nitrogen and oxygen atoms in total. The molecule has 3 heteroatoms. The maximum atomic E-state index is 11.4. The summed E-state index contributed by atoms with van der Waals surface area (Å²) in [6, 6.07) is 10.1. The Hall–Kier alpha value is -1.87. The second kappa shape index (κ2) is 10.9. The van der Waals surface area contributed by atoms with Crippen molar-refractivity contribution in [3.63, 3.8) is 0 Å². The molecule has 114 valence electrons. The van der Waals surface area contributed by atoms with Crippen LogP contribution in [-0.2, 0) is 16.1 Å². The van der Waals surface area contributed by atoms with Gasteiger partial charge < -0.3 is 10.1 Å². The monoisotopic (exact) mass is 287 g/mol. The highest BCUT2D eigenvalue weighted by Gasteiger charge is 1.95. The van der Waals surface area contributed by atoms with E-state index in [1.54, 1.807) is 12.2 Å². The van der Waals surface area contributed by atoms with Gasteiger partial charge in [0.1, 0.15) is 0 Å². The predicted molar refractivity (Wildman–Crippen MR) is 86.8 cm³/mol. The molecule has 0 unspecified atom stereocenters. The summed E-state index contributed by atoms with van der Waals surface area (Å²) in [4.78, 5) is 11.4. The third-order valence-corrected chi connectivity index (χ3v) is 2.72. The zero-order valence-corrected chi connectivity index (χ0v) is 12.9. The Morgan fingerprint density at radius 2 is 2.00 bits per heavy atom. The third kappa shape index (κ3) is 9.63. The molecule has 1 N–H and O–H groups in total. The minimum Gasteiger partial charge on any atom is -0.376 e. The van der Waals surface area contributed by atoms with E-state index in [2.05, 4.69) is 19.2 Å². The van der Waals surface area contributed by atoms with Crippen LogP contribution >= 0.6 is 0 Å². The van der Waals surface area contributed by atoms with E-state index in [9.17, 15) is 4.79 Å². The van der Waals surface area contributed by atoms with Crippen LogP contribution in [0.2, 0.25) is 0 Å². The van der Waals surface area contributed by atoms with Gasteiger partial charge in [0.15, 0.2) is 0 Å². The number of amides is 1. The maximum Gasteiger partial charge on any atom is 0.243 e. The molecule has 0 spiro atoms. The summed E-state index contributed by atoms with van der Waals surface area (Å²) < 4.78 is 5.56. The van der Waals surface area contributed by atoms with Crippen molar-refractivity contribution >= 4 is 5.91 Å². The van der Waals surface area contributed by atoms with Crippen molar-refractivity contribution in [2.24, 2.45) is 5.92 Å². The van der Waals surface area contributed by atoms with Gasteiger partial charge in [0.25, 0.3) is 0 Å². The molecule has 1 rings (SSSR count). The summed E-state index contributed by atoms with van der Waals surface area (Å²) >= 11 is 0. The van der Waals surface area contributed by atoms with Crippen molar-refractivity contribution < 1.29 is 9.53 Å². The van der Waals surface area contributed by atoms with Gasteiger partial charge in [0.2, 0.25) is 5.91 Å². The van der Waals surface area contributed by atoms with E-state index in [0.29, 0.717) is 25.7 Å². The molecule has 0 radical (unpaired) electrons. The number of ether oxygens (including phenoxy) is 1. The van der Waals surface area contributed by atoms with Crippen LogP contribution in [0.3, 0.4) is 0 Å². The summed E-state index contributed by atoms with van der Waals surface area (Å²) in [5.41, 5.74) is 1.18. The smallest absolute Gasteiger partial charge is 0.243 e. The fraction of sp³-hybridized carbons (Fsp3) is 0.389. The van der Waals surface area contributed by atoms with Gasteiger partial charge in [-0.1, -0.05) is 62.4 Å². The molecule has 1 aromatic carbocycles. The second-order valence-electron chi connectivity index (χ2n) is 5.25. The molecule has 0 aromatic heterocycles. The summed E-state index contributed by atoms with van der Waals surface area (Å²) in [5.74, 6) is 0.424. The number of rotatable bonds is 9. The largest absolute Gasteiger partial charge is 0.376 e. The minimum absolute atomic E-state index is 0.0475. The van der Waals surface area contributed by atoms with E-state index >= 15 is 0 Å². The van der Waals surface area contributed by atoms with Crippen LogP contribution in [-0.4, -0.2) is 19.1 Å². The fourth-order valence-electron chi connectivity index (χ4n) is 1.60. The van der Waals surface area contributed by atoms with Gasteiger partial charge >= 0.3 is 0 Å². The van der Waals surface area contributed by atoms with Crippen LogP contribution in [0.25, 0.3) is 0 Å². The molecule has 21 heavy (non-hydrogen) atoms. The predicted octanol–water partition coefficient (Wildman–Crippen LogP) is 3.48. The van der Waals surface area contributed by atoms with Crippen LogP contribution in [0.5, 0.6) is 0 Å². The molecule has 0 atom stereocenters. The van der Waals surface area contributed by atoms with Crippen molar-refractivity contribution in [1.82, 2.24) is 5.32 Å². The summed E-state index contributed by atoms with van der Waals surface area (Å²) in [7, 11) is 0. The van der Waals surface area contributed by atoms with Gasteiger partial charge in [-0.3, -0.25) is 4.79 Å². The van der Waals surface area contributed by atoms with E-state index in [1.165, 1.54) is 5.56 Å². The lowest BCUT2D eigenvalue weighted by atomic mass is 10.2. The Bertz CT molecular complexity index is 450. The lowest BCUT2D eigenvalue weighted by molar-refractivity contribution is -0.116. The Kier molecular flexibility index (Phi) is 8.89. The number of nitrogens with one attached hydrogen (secondary N) is 1. The van der Waals surface area contributed by atoms with Crippen LogP contribution in [0, 0.1) is 5.92 Å². The molecular weight excluding hydrogens is 262 g/mol. The standard InChI is InChI=1S/C18H25NO2/c1-16(2)14-19-18(20)12-8-3-4-9-13-21-15-17-10-6-5-7-11-17/h3-8,10-12,16H,9,13-15H2,1-2H3,(H,19,20). The van der Waals surface area contributed by atoms with Gasteiger partial charge in [-0.15, -0.1) is 0 Å². The molecular formula is C18H25NO2. The van der Waals surface area contributed by atoms with Crippen molar-refractivity contribution in [3.8, 4) is 0 Å². The number of hydrogen-bond donors (Lipinski definition) is 1. The number of hydrogen-bond acceptors (Lipinski definition) is 2. The van der Waals surface area contributed by atoms with Gasteiger partial charge in [0.05, 0.1) is 13.2 Å². The van der Waals surface area contributed by atoms with Crippen molar-refractivity contribution in [2.45, 2.75) is 26.9 Å². The van der Waals surface area contributed by atoms with Crippen LogP contribution in [0.1, 0.15) is 25.8 Å². The first-order valence-electron chi connectivity index (χ1n) is 7.41. The highest BCUT2D eigenvalue weighted by molar-refractivity contribution is 5.87. The van der Waals surface area contributed by atoms with Gasteiger partial charge in [0, 0.05) is 12.6 Å². The first-order valence-corrected chi connectivity index (χ1v) is 7.41. The lowest BCUT2D eigenvalue weighted by Crippen LogP contribution is -2.25. The SMILES string of the molecule is CC(C)CNC(=O)C=CC=CCCOCc1ccccc1. The summed E-state index contributed by atoms with van der Waals surface area (Å²) in [5, 5.41) is 2.83. The molecule has 0 aliphatic rings. The Labute approximate surface area is 127 Å². The lowest BCUT2D eigenvalue weighted by Gasteiger charge is -2.03. The highest BCUT2D eigenvalue weighted by Crippen LogP contribution is 2.00. The normalized spacial score (nSPS) is 11.6. The van der Waals surface area contributed by atoms with Crippen LogP contribution < -0.4 is 5.32 Å². The molecule has 0 saturated heterocycles. The summed E-state index contributed by atoms with van der Waals surface area (Å²) in [6.07, 6.45) is 8.01. The van der Waals surface area contributed by atoms with E-state index in [-0.39, 0.29) is 5.91 Å². The average molecular weight is 287 g/mol. The quantitative estimate of drug-likeness (QED) is 0.429. The van der Waals surface area contributed by atoms with E-state index < -0.39 is 0 Å². The highest BCUT2D eigenvalue weighted by atomic mass is 16.5. The first kappa shape index (κ1) is 17.2. The zero-order valence-electron chi connectivity index (χ0n) is 12.9. The van der Waals surface area contributed by atoms with Crippen molar-refractivity contribution in [1.29, 1.82) is 0 Å². The minimum atomic E-state index is -0.0475. The summed E-state index contributed by atoms with van der Waals surface area (Å²) in [6.45, 7) is 6.17. The number of carbonyl (C=O) groups is 1. The maximum absolute atomic E-state index is 11.4. The Balaban J connectivity index is 2.05. The van der Waals surface area contributed by atoms with Crippen LogP contribution in [0.4, 0.5) is 0 Å². The third-order valence-electron chi connectivity index (χ3n) is 2.72. The van der Waals surface area contributed by atoms with Crippen molar-refractivity contribution in [3.05, 3.63) is 60.2 Å². The van der Waals surface area contributed by atoms with E-state index in [0.717, 1.165) is 6.42 Å². The average Bonchev–Trinajstić information content (AvgIpc) is 2.49. The first-order chi connectivity index (χ1) is 10.2. The Morgan fingerprint density at radius 1 is 1.24 bits per heavy atom. The molecule has 1 amide bonds. The van der Waals surface area contributed by atoms with Gasteiger partial charge in [-0.2, -0.15) is 0 Å². The molecule has 1 aromatic rings. The molecule has 0 bridgehead atoms. The second-order valence-corrected chi connectivity index (χ2v) is 5.25. The fourth-order valence-corrected chi connectivity index (χ4v) is 1.60.